The van der Waals surface area contributed by atoms with Crippen molar-refractivity contribution < 1.29 is 23.9 Å². The number of nitrogens with one attached hydrogen (secondary N) is 1. The quantitative estimate of drug-likeness (QED) is 0.582. The summed E-state index contributed by atoms with van der Waals surface area (Å²) in [6.07, 6.45) is 3.26. The van der Waals surface area contributed by atoms with E-state index >= 15 is 0 Å². The van der Waals surface area contributed by atoms with E-state index in [-0.39, 0.29) is 19.1 Å². The predicted octanol–water partition coefficient (Wildman–Crippen LogP) is 2.40. The topological polar surface area (TPSA) is 97.8 Å². The number of fused-ring (bicyclic) bond motifs is 1. The number of aromatic nitrogens is 1. The Kier molecular flexibility index (Phi) is 6.21. The van der Waals surface area contributed by atoms with Gasteiger partial charge in [-0.15, -0.1) is 0 Å². The van der Waals surface area contributed by atoms with Gasteiger partial charge in [0.2, 0.25) is 5.91 Å². The average molecular weight is 383 g/mol. The zero-order valence-electron chi connectivity index (χ0n) is 15.5. The van der Waals surface area contributed by atoms with E-state index in [9.17, 15) is 14.4 Å². The molecule has 2 heterocycles. The zero-order chi connectivity index (χ0) is 19.9. The van der Waals surface area contributed by atoms with Crippen molar-refractivity contribution in [3.05, 3.63) is 48.2 Å². The molecule has 2 aromatic rings. The first kappa shape index (κ1) is 19.3. The molecule has 8 nitrogen and oxygen atoms in total. The van der Waals surface area contributed by atoms with E-state index in [1.54, 1.807) is 36.4 Å². The molecule has 146 valence electrons. The van der Waals surface area contributed by atoms with Gasteiger partial charge >= 0.3 is 5.97 Å². The number of amides is 2. The maximum Gasteiger partial charge on any atom is 0.338 e. The number of anilines is 2. The third kappa shape index (κ3) is 4.64. The summed E-state index contributed by atoms with van der Waals surface area (Å²) in [6.45, 7) is 2.01. The van der Waals surface area contributed by atoms with Crippen LogP contribution in [0.15, 0.2) is 42.6 Å². The van der Waals surface area contributed by atoms with Crippen molar-refractivity contribution in [2.45, 2.75) is 19.8 Å². The van der Waals surface area contributed by atoms with Crippen molar-refractivity contribution in [3.8, 4) is 5.75 Å². The van der Waals surface area contributed by atoms with Crippen molar-refractivity contribution in [3.63, 3.8) is 0 Å². The molecule has 1 aromatic carbocycles. The summed E-state index contributed by atoms with van der Waals surface area (Å²) in [6, 6.07) is 9.86. The zero-order valence-corrected chi connectivity index (χ0v) is 15.5. The van der Waals surface area contributed by atoms with Crippen LogP contribution in [0.25, 0.3) is 0 Å². The van der Waals surface area contributed by atoms with Crippen molar-refractivity contribution in [1.29, 1.82) is 0 Å². The van der Waals surface area contributed by atoms with Crippen LogP contribution in [0.4, 0.5) is 11.5 Å². The van der Waals surface area contributed by atoms with E-state index in [1.165, 1.54) is 11.1 Å². The number of carbonyl (C=O) groups excluding carboxylic acids is 3. The molecule has 0 fully saturated rings. The monoisotopic (exact) mass is 383 g/mol. The number of hydrogen-bond acceptors (Lipinski definition) is 6. The van der Waals surface area contributed by atoms with Crippen molar-refractivity contribution >= 4 is 29.3 Å². The van der Waals surface area contributed by atoms with E-state index < -0.39 is 11.9 Å². The Bertz CT molecular complexity index is 884. The summed E-state index contributed by atoms with van der Waals surface area (Å²) in [7, 11) is 0. The molecular weight excluding hydrogens is 362 g/mol. The number of unbranched alkanes of at least 4 members (excludes halogenated alkanes) is 1. The van der Waals surface area contributed by atoms with E-state index in [2.05, 4.69) is 10.3 Å². The standard InChI is InChI=1S/C20H21N3O5/c1-2-3-10-27-20(26)14-6-4-7-15(11-14)22-17(24)12-23-18(25)13-28-16-8-5-9-21-19(16)23/h4-9,11H,2-3,10,12-13H2,1H3,(H,22,24). The van der Waals surface area contributed by atoms with Gasteiger partial charge in [0.25, 0.3) is 5.91 Å². The van der Waals surface area contributed by atoms with Gasteiger partial charge in [0.1, 0.15) is 6.54 Å². The van der Waals surface area contributed by atoms with E-state index in [0.29, 0.717) is 29.4 Å². The second kappa shape index (κ2) is 8.98. The first-order chi connectivity index (χ1) is 13.6. The third-order valence-electron chi connectivity index (χ3n) is 4.07. The molecule has 3 rings (SSSR count). The van der Waals surface area contributed by atoms with Crippen LogP contribution in [0.1, 0.15) is 30.1 Å². The Labute approximate surface area is 162 Å². The lowest BCUT2D eigenvalue weighted by Gasteiger charge is -2.27. The number of benzene rings is 1. The lowest BCUT2D eigenvalue weighted by atomic mass is 10.2. The highest BCUT2D eigenvalue weighted by Crippen LogP contribution is 2.28. The highest BCUT2D eigenvalue weighted by molar-refractivity contribution is 6.04. The highest BCUT2D eigenvalue weighted by atomic mass is 16.5. The molecule has 0 spiro atoms. The first-order valence-electron chi connectivity index (χ1n) is 9.03. The summed E-state index contributed by atoms with van der Waals surface area (Å²) < 4.78 is 10.5. The van der Waals surface area contributed by atoms with Crippen molar-refractivity contribution in [2.24, 2.45) is 0 Å². The summed E-state index contributed by atoms with van der Waals surface area (Å²) in [5.41, 5.74) is 0.792. The number of carbonyl (C=O) groups is 3. The molecule has 1 N–H and O–H groups in total. The van der Waals surface area contributed by atoms with Crippen molar-refractivity contribution in [1.82, 2.24) is 4.98 Å². The number of hydrogen-bond donors (Lipinski definition) is 1. The molecule has 1 aliphatic rings. The van der Waals surface area contributed by atoms with Crippen LogP contribution in [0, 0.1) is 0 Å². The molecule has 1 aromatic heterocycles. The molecule has 2 amide bonds. The smallest absolute Gasteiger partial charge is 0.338 e. The van der Waals surface area contributed by atoms with Crippen LogP contribution in [0.2, 0.25) is 0 Å². The Morgan fingerprint density at radius 3 is 2.96 bits per heavy atom. The molecule has 8 heteroatoms. The fraction of sp³-hybridized carbons (Fsp3) is 0.300. The molecule has 0 radical (unpaired) electrons. The molecule has 0 saturated heterocycles. The number of nitrogens with zero attached hydrogens (tertiary/aromatic N) is 2. The fourth-order valence-corrected chi connectivity index (χ4v) is 2.66. The lowest BCUT2D eigenvalue weighted by Crippen LogP contribution is -2.43. The van der Waals surface area contributed by atoms with Crippen LogP contribution in [-0.2, 0) is 14.3 Å². The number of ether oxygens (including phenoxy) is 2. The Balaban J connectivity index is 1.65. The maximum absolute atomic E-state index is 12.4. The van der Waals surface area contributed by atoms with E-state index in [1.807, 2.05) is 6.92 Å². The number of esters is 1. The molecule has 1 aliphatic heterocycles. The van der Waals surface area contributed by atoms with Gasteiger partial charge < -0.3 is 14.8 Å². The Hall–Kier alpha value is -3.42. The van der Waals surface area contributed by atoms with Gasteiger partial charge in [0.15, 0.2) is 18.2 Å². The van der Waals surface area contributed by atoms with Gasteiger partial charge in [0, 0.05) is 11.9 Å². The van der Waals surface area contributed by atoms with Crippen LogP contribution in [0.5, 0.6) is 5.75 Å². The normalized spacial score (nSPS) is 12.8. The average Bonchev–Trinajstić information content (AvgIpc) is 2.70. The lowest BCUT2D eigenvalue weighted by molar-refractivity contribution is -0.123. The minimum absolute atomic E-state index is 0.148. The predicted molar refractivity (Wildman–Crippen MR) is 102 cm³/mol. The fourth-order valence-electron chi connectivity index (χ4n) is 2.66. The van der Waals surface area contributed by atoms with Crippen LogP contribution in [-0.4, -0.2) is 42.5 Å². The van der Waals surface area contributed by atoms with Gasteiger partial charge in [-0.2, -0.15) is 0 Å². The van der Waals surface area contributed by atoms with Gasteiger partial charge in [-0.05, 0) is 36.8 Å². The van der Waals surface area contributed by atoms with Gasteiger partial charge in [-0.1, -0.05) is 19.4 Å². The van der Waals surface area contributed by atoms with Gasteiger partial charge in [0.05, 0.1) is 12.2 Å². The van der Waals surface area contributed by atoms with Crippen LogP contribution in [0.3, 0.4) is 0 Å². The summed E-state index contributed by atoms with van der Waals surface area (Å²) >= 11 is 0. The molecule has 0 aliphatic carbocycles. The summed E-state index contributed by atoms with van der Waals surface area (Å²) in [4.78, 5) is 42.0. The van der Waals surface area contributed by atoms with Crippen molar-refractivity contribution in [2.75, 3.05) is 30.0 Å². The summed E-state index contributed by atoms with van der Waals surface area (Å²) in [5.74, 6) is -0.446. The Morgan fingerprint density at radius 2 is 2.14 bits per heavy atom. The molecule has 0 bridgehead atoms. The molecular formula is C20H21N3O5. The third-order valence-corrected chi connectivity index (χ3v) is 4.07. The summed E-state index contributed by atoms with van der Waals surface area (Å²) in [5, 5.41) is 2.69. The van der Waals surface area contributed by atoms with Gasteiger partial charge in [-0.25, -0.2) is 9.78 Å². The minimum Gasteiger partial charge on any atom is -0.480 e. The minimum atomic E-state index is -0.439. The molecule has 28 heavy (non-hydrogen) atoms. The van der Waals surface area contributed by atoms with Gasteiger partial charge in [-0.3, -0.25) is 14.5 Å². The largest absolute Gasteiger partial charge is 0.480 e. The highest BCUT2D eigenvalue weighted by Gasteiger charge is 2.28. The molecule has 0 atom stereocenters. The van der Waals surface area contributed by atoms with Crippen LogP contribution < -0.4 is 15.0 Å². The second-order valence-corrected chi connectivity index (χ2v) is 6.21. The van der Waals surface area contributed by atoms with Crippen LogP contribution >= 0.6 is 0 Å². The first-order valence-corrected chi connectivity index (χ1v) is 9.03. The molecule has 0 saturated carbocycles. The number of pyridine rings is 1. The Morgan fingerprint density at radius 1 is 1.29 bits per heavy atom. The van der Waals surface area contributed by atoms with E-state index in [0.717, 1.165) is 12.8 Å². The number of rotatable bonds is 7. The maximum atomic E-state index is 12.4. The second-order valence-electron chi connectivity index (χ2n) is 6.21. The van der Waals surface area contributed by atoms with E-state index in [4.69, 9.17) is 9.47 Å². The SMILES string of the molecule is CCCCOC(=O)c1cccc(NC(=O)CN2C(=O)COc3cccnc32)c1. The molecule has 0 unspecified atom stereocenters.